The Morgan fingerprint density at radius 1 is 1.57 bits per heavy atom. The van der Waals surface area contributed by atoms with Gasteiger partial charge in [0.1, 0.15) is 0 Å². The number of carbonyl (C=O) groups is 1. The molecule has 0 saturated heterocycles. The Balaban J connectivity index is 2.40. The van der Waals surface area contributed by atoms with Crippen LogP contribution in [-0.2, 0) is 11.2 Å². The van der Waals surface area contributed by atoms with Gasteiger partial charge in [0.2, 0.25) is 0 Å². The zero-order valence-electron chi connectivity index (χ0n) is 8.03. The van der Waals surface area contributed by atoms with E-state index in [0.29, 0.717) is 6.42 Å². The van der Waals surface area contributed by atoms with Crippen LogP contribution in [0.5, 0.6) is 0 Å². The topological polar surface area (TPSA) is 63.3 Å². The molecule has 3 nitrogen and oxygen atoms in total. The summed E-state index contributed by atoms with van der Waals surface area (Å²) in [6.45, 7) is 2.00. The lowest BCUT2D eigenvalue weighted by molar-refractivity contribution is -0.142. The molecule has 2 rings (SSSR count). The first-order valence-electron chi connectivity index (χ1n) is 4.67. The molecule has 3 N–H and O–H groups in total. The highest BCUT2D eigenvalue weighted by Crippen LogP contribution is 2.34. The number of rotatable bonds is 1. The van der Waals surface area contributed by atoms with Gasteiger partial charge in [0.15, 0.2) is 0 Å². The molecule has 0 saturated carbocycles. The summed E-state index contributed by atoms with van der Waals surface area (Å²) < 4.78 is 0. The van der Waals surface area contributed by atoms with Crippen molar-refractivity contribution in [3.05, 3.63) is 34.9 Å². The molecule has 0 heterocycles. The molecular formula is C11H13NO2. The average molecular weight is 191 g/mol. The van der Waals surface area contributed by atoms with Crippen molar-refractivity contribution in [1.82, 2.24) is 0 Å². The van der Waals surface area contributed by atoms with Crippen LogP contribution >= 0.6 is 0 Å². The molecular weight excluding hydrogens is 178 g/mol. The zero-order valence-corrected chi connectivity index (χ0v) is 8.03. The molecule has 2 atom stereocenters. The summed E-state index contributed by atoms with van der Waals surface area (Å²) in [5.74, 6) is -1.25. The number of carboxylic acids is 1. The van der Waals surface area contributed by atoms with Gasteiger partial charge in [-0.2, -0.15) is 0 Å². The van der Waals surface area contributed by atoms with Crippen molar-refractivity contribution < 1.29 is 9.90 Å². The SMILES string of the molecule is Cc1ccc2c(c1)CC(C(=O)O)C2N. The minimum atomic E-state index is -0.800. The Bertz CT molecular complexity index is 387. The van der Waals surface area contributed by atoms with Crippen molar-refractivity contribution in [3.63, 3.8) is 0 Å². The lowest BCUT2D eigenvalue weighted by Crippen LogP contribution is -2.24. The van der Waals surface area contributed by atoms with E-state index in [2.05, 4.69) is 0 Å². The van der Waals surface area contributed by atoms with Gasteiger partial charge in [-0.15, -0.1) is 0 Å². The van der Waals surface area contributed by atoms with E-state index in [1.807, 2.05) is 25.1 Å². The molecule has 0 radical (unpaired) electrons. The molecule has 0 aromatic heterocycles. The number of aryl methyl sites for hydroxylation is 1. The monoisotopic (exact) mass is 191 g/mol. The highest BCUT2D eigenvalue weighted by atomic mass is 16.4. The standard InChI is InChI=1S/C11H13NO2/c1-6-2-3-8-7(4-6)5-9(10(8)12)11(13)14/h2-4,9-10H,5,12H2,1H3,(H,13,14). The van der Waals surface area contributed by atoms with Gasteiger partial charge in [0.25, 0.3) is 0 Å². The fraction of sp³-hybridized carbons (Fsp3) is 0.364. The first-order valence-corrected chi connectivity index (χ1v) is 4.67. The summed E-state index contributed by atoms with van der Waals surface area (Å²) >= 11 is 0. The van der Waals surface area contributed by atoms with E-state index in [1.165, 1.54) is 0 Å². The Kier molecular flexibility index (Phi) is 2.04. The number of fused-ring (bicyclic) bond motifs is 1. The summed E-state index contributed by atoms with van der Waals surface area (Å²) in [7, 11) is 0. The van der Waals surface area contributed by atoms with E-state index < -0.39 is 11.9 Å². The van der Waals surface area contributed by atoms with Crippen molar-refractivity contribution in [1.29, 1.82) is 0 Å². The molecule has 0 amide bonds. The fourth-order valence-electron chi connectivity index (χ4n) is 2.06. The third-order valence-corrected chi connectivity index (χ3v) is 2.85. The van der Waals surface area contributed by atoms with Gasteiger partial charge >= 0.3 is 5.97 Å². The van der Waals surface area contributed by atoms with Crippen molar-refractivity contribution in [2.24, 2.45) is 11.7 Å². The Labute approximate surface area is 82.5 Å². The van der Waals surface area contributed by atoms with E-state index in [-0.39, 0.29) is 6.04 Å². The maximum atomic E-state index is 10.9. The van der Waals surface area contributed by atoms with Crippen LogP contribution in [0.15, 0.2) is 18.2 Å². The van der Waals surface area contributed by atoms with Gasteiger partial charge in [-0.25, -0.2) is 0 Å². The van der Waals surface area contributed by atoms with E-state index in [4.69, 9.17) is 10.8 Å². The first kappa shape index (κ1) is 9.21. The van der Waals surface area contributed by atoms with Gasteiger partial charge < -0.3 is 10.8 Å². The largest absolute Gasteiger partial charge is 0.481 e. The fourth-order valence-corrected chi connectivity index (χ4v) is 2.06. The van der Waals surface area contributed by atoms with Gasteiger partial charge in [0, 0.05) is 6.04 Å². The molecule has 1 aliphatic carbocycles. The van der Waals surface area contributed by atoms with Crippen LogP contribution in [-0.4, -0.2) is 11.1 Å². The molecule has 0 bridgehead atoms. The van der Waals surface area contributed by atoms with Crippen LogP contribution in [0.2, 0.25) is 0 Å². The summed E-state index contributed by atoms with van der Waals surface area (Å²) in [6, 6.07) is 5.60. The molecule has 14 heavy (non-hydrogen) atoms. The Morgan fingerprint density at radius 3 is 2.93 bits per heavy atom. The number of nitrogens with two attached hydrogens (primary N) is 1. The van der Waals surface area contributed by atoms with E-state index in [9.17, 15) is 4.79 Å². The minimum Gasteiger partial charge on any atom is -0.481 e. The number of aliphatic carboxylic acids is 1. The highest BCUT2D eigenvalue weighted by Gasteiger charge is 2.34. The predicted molar refractivity (Wildman–Crippen MR) is 52.9 cm³/mol. The smallest absolute Gasteiger partial charge is 0.308 e. The number of benzene rings is 1. The number of hydrogen-bond donors (Lipinski definition) is 2. The molecule has 1 aromatic carbocycles. The highest BCUT2D eigenvalue weighted by molar-refractivity contribution is 5.73. The van der Waals surface area contributed by atoms with Crippen molar-refractivity contribution in [2.75, 3.05) is 0 Å². The van der Waals surface area contributed by atoms with Crippen LogP contribution in [0.25, 0.3) is 0 Å². The normalized spacial score (nSPS) is 24.7. The summed E-state index contributed by atoms with van der Waals surface area (Å²) in [6.07, 6.45) is 0.563. The zero-order chi connectivity index (χ0) is 10.3. The third kappa shape index (κ3) is 1.30. The first-order chi connectivity index (χ1) is 6.59. The van der Waals surface area contributed by atoms with Crippen LogP contribution in [0.4, 0.5) is 0 Å². The molecule has 2 unspecified atom stereocenters. The molecule has 0 fully saturated rings. The molecule has 1 aliphatic rings. The molecule has 0 aliphatic heterocycles. The number of carboxylic acid groups (broad SMARTS) is 1. The van der Waals surface area contributed by atoms with Crippen molar-refractivity contribution in [3.8, 4) is 0 Å². The molecule has 3 heteroatoms. The van der Waals surface area contributed by atoms with E-state index in [0.717, 1.165) is 16.7 Å². The summed E-state index contributed by atoms with van der Waals surface area (Å²) in [4.78, 5) is 10.9. The Morgan fingerprint density at radius 2 is 2.29 bits per heavy atom. The number of hydrogen-bond acceptors (Lipinski definition) is 2. The van der Waals surface area contributed by atoms with Gasteiger partial charge in [-0.1, -0.05) is 23.8 Å². The molecule has 74 valence electrons. The lowest BCUT2D eigenvalue weighted by Gasteiger charge is -2.10. The molecule has 1 aromatic rings. The quantitative estimate of drug-likeness (QED) is 0.702. The van der Waals surface area contributed by atoms with Crippen molar-refractivity contribution >= 4 is 5.97 Å². The van der Waals surface area contributed by atoms with Gasteiger partial charge in [-0.05, 0) is 24.5 Å². The average Bonchev–Trinajstić information content (AvgIpc) is 2.43. The second-order valence-electron chi connectivity index (χ2n) is 3.88. The van der Waals surface area contributed by atoms with Crippen LogP contribution in [0.3, 0.4) is 0 Å². The van der Waals surface area contributed by atoms with Gasteiger partial charge in [0.05, 0.1) is 5.92 Å². The predicted octanol–water partition coefficient (Wildman–Crippen LogP) is 1.25. The Hall–Kier alpha value is -1.35. The summed E-state index contributed by atoms with van der Waals surface area (Å²) in [5, 5.41) is 8.95. The van der Waals surface area contributed by atoms with Crippen molar-refractivity contribution in [2.45, 2.75) is 19.4 Å². The van der Waals surface area contributed by atoms with E-state index >= 15 is 0 Å². The second kappa shape index (κ2) is 3.10. The minimum absolute atomic E-state index is 0.344. The maximum Gasteiger partial charge on any atom is 0.308 e. The maximum absolute atomic E-state index is 10.9. The van der Waals surface area contributed by atoms with Crippen LogP contribution in [0.1, 0.15) is 22.7 Å². The van der Waals surface area contributed by atoms with Gasteiger partial charge in [-0.3, -0.25) is 4.79 Å². The molecule has 0 spiro atoms. The van der Waals surface area contributed by atoms with Crippen LogP contribution in [0, 0.1) is 12.8 Å². The second-order valence-corrected chi connectivity index (χ2v) is 3.88. The van der Waals surface area contributed by atoms with E-state index in [1.54, 1.807) is 0 Å². The lowest BCUT2D eigenvalue weighted by atomic mass is 10.0. The third-order valence-electron chi connectivity index (χ3n) is 2.85. The summed E-state index contributed by atoms with van der Waals surface area (Å²) in [5.41, 5.74) is 9.09. The van der Waals surface area contributed by atoms with Crippen LogP contribution < -0.4 is 5.73 Å².